The fourth-order valence-corrected chi connectivity index (χ4v) is 1.95. The molecule has 21 heavy (non-hydrogen) atoms. The molecular formula is C16H16F3NO. The Morgan fingerprint density at radius 3 is 2.48 bits per heavy atom. The maximum Gasteiger partial charge on any atom is 0.416 e. The van der Waals surface area contributed by atoms with Gasteiger partial charge in [-0.15, -0.1) is 0 Å². The smallest absolute Gasteiger partial charge is 0.416 e. The minimum atomic E-state index is -4.38. The van der Waals surface area contributed by atoms with E-state index < -0.39 is 11.7 Å². The first kappa shape index (κ1) is 15.4. The third-order valence-corrected chi connectivity index (χ3v) is 3.06. The van der Waals surface area contributed by atoms with Crippen LogP contribution in [-0.4, -0.2) is 6.61 Å². The predicted octanol–water partition coefficient (Wildman–Crippen LogP) is 4.09. The first-order chi connectivity index (χ1) is 9.86. The quantitative estimate of drug-likeness (QED) is 0.922. The van der Waals surface area contributed by atoms with E-state index in [4.69, 9.17) is 10.5 Å². The molecule has 1 unspecified atom stereocenters. The lowest BCUT2D eigenvalue weighted by molar-refractivity contribution is -0.137. The zero-order valence-electron chi connectivity index (χ0n) is 11.5. The van der Waals surface area contributed by atoms with E-state index in [0.717, 1.165) is 23.3 Å². The average Bonchev–Trinajstić information content (AvgIpc) is 2.44. The van der Waals surface area contributed by atoms with Gasteiger partial charge in [-0.3, -0.25) is 0 Å². The summed E-state index contributed by atoms with van der Waals surface area (Å²) in [5, 5.41) is 0. The number of benzene rings is 2. The summed E-state index contributed by atoms with van der Waals surface area (Å²) in [4.78, 5) is 0. The zero-order valence-corrected chi connectivity index (χ0v) is 11.5. The Kier molecular flexibility index (Phi) is 4.53. The third kappa shape index (κ3) is 4.23. The van der Waals surface area contributed by atoms with Crippen molar-refractivity contribution in [3.63, 3.8) is 0 Å². The molecule has 112 valence electrons. The molecule has 0 saturated carbocycles. The molecule has 0 spiro atoms. The van der Waals surface area contributed by atoms with Gasteiger partial charge in [-0.2, -0.15) is 13.2 Å². The van der Waals surface area contributed by atoms with Crippen LogP contribution in [0.4, 0.5) is 13.2 Å². The molecular weight excluding hydrogens is 279 g/mol. The van der Waals surface area contributed by atoms with Gasteiger partial charge in [0.1, 0.15) is 12.4 Å². The molecule has 0 radical (unpaired) electrons. The number of hydrogen-bond acceptors (Lipinski definition) is 2. The maximum absolute atomic E-state index is 12.6. The second kappa shape index (κ2) is 6.18. The molecule has 2 nitrogen and oxygen atoms in total. The highest BCUT2D eigenvalue weighted by atomic mass is 19.4. The number of rotatable bonds is 4. The van der Waals surface area contributed by atoms with Gasteiger partial charge in [0.25, 0.3) is 0 Å². The number of ether oxygens (including phenoxy) is 1. The fourth-order valence-electron chi connectivity index (χ4n) is 1.95. The first-order valence-electron chi connectivity index (χ1n) is 6.48. The molecule has 0 heterocycles. The molecule has 0 aliphatic rings. The summed E-state index contributed by atoms with van der Waals surface area (Å²) in [6.45, 7) is 2.06. The molecule has 0 aliphatic carbocycles. The van der Waals surface area contributed by atoms with Crippen LogP contribution >= 0.6 is 0 Å². The number of nitrogens with two attached hydrogens (primary N) is 1. The van der Waals surface area contributed by atoms with Gasteiger partial charge >= 0.3 is 6.18 Å². The first-order valence-corrected chi connectivity index (χ1v) is 6.48. The van der Waals surface area contributed by atoms with Crippen LogP contribution in [0.15, 0.2) is 48.5 Å². The Hall–Kier alpha value is -2.01. The second-order valence-corrected chi connectivity index (χ2v) is 4.86. The molecule has 1 atom stereocenters. The molecule has 0 aromatic heterocycles. The Bertz CT molecular complexity index is 610. The van der Waals surface area contributed by atoms with Gasteiger partial charge in [0, 0.05) is 0 Å². The van der Waals surface area contributed by atoms with E-state index in [1.54, 1.807) is 0 Å². The van der Waals surface area contributed by atoms with Crippen LogP contribution in [0.1, 0.15) is 22.7 Å². The number of alkyl halides is 3. The largest absolute Gasteiger partial charge is 0.492 e. The van der Waals surface area contributed by atoms with Gasteiger partial charge in [-0.1, -0.05) is 35.9 Å². The van der Waals surface area contributed by atoms with Crippen molar-refractivity contribution in [3.8, 4) is 5.75 Å². The minimum Gasteiger partial charge on any atom is -0.492 e. The summed E-state index contributed by atoms with van der Waals surface area (Å²) in [7, 11) is 0. The Labute approximate surface area is 121 Å². The fraction of sp³-hybridized carbons (Fsp3) is 0.250. The number of hydrogen-bond donors (Lipinski definition) is 1. The molecule has 0 amide bonds. The molecule has 2 aromatic rings. The van der Waals surface area contributed by atoms with Gasteiger partial charge in [-0.05, 0) is 30.7 Å². The van der Waals surface area contributed by atoms with Crippen LogP contribution in [-0.2, 0) is 6.18 Å². The Balaban J connectivity index is 2.03. The summed E-state index contributed by atoms with van der Waals surface area (Å²) in [6, 6.07) is 12.0. The second-order valence-electron chi connectivity index (χ2n) is 4.86. The lowest BCUT2D eigenvalue weighted by atomic mass is 10.1. The normalized spacial score (nSPS) is 13.0. The van der Waals surface area contributed by atoms with Crippen molar-refractivity contribution >= 4 is 0 Å². The van der Waals surface area contributed by atoms with Gasteiger partial charge < -0.3 is 10.5 Å². The minimum absolute atomic E-state index is 0.116. The summed E-state index contributed by atoms with van der Waals surface area (Å²) in [5.74, 6) is 0.160. The van der Waals surface area contributed by atoms with Gasteiger partial charge in [0.05, 0.1) is 11.6 Å². The lowest BCUT2D eigenvalue weighted by Gasteiger charge is -2.15. The monoisotopic (exact) mass is 295 g/mol. The summed E-state index contributed by atoms with van der Waals surface area (Å²) < 4.78 is 43.2. The highest BCUT2D eigenvalue weighted by Crippen LogP contribution is 2.31. The van der Waals surface area contributed by atoms with Crippen LogP contribution in [0.3, 0.4) is 0 Å². The molecule has 5 heteroatoms. The van der Waals surface area contributed by atoms with Gasteiger partial charge in [0.15, 0.2) is 0 Å². The van der Waals surface area contributed by atoms with Crippen molar-refractivity contribution in [3.05, 3.63) is 65.2 Å². The molecule has 2 aromatic carbocycles. The van der Waals surface area contributed by atoms with Crippen LogP contribution in [0.5, 0.6) is 5.75 Å². The van der Waals surface area contributed by atoms with Crippen molar-refractivity contribution in [2.75, 3.05) is 6.61 Å². The van der Waals surface area contributed by atoms with E-state index in [0.29, 0.717) is 0 Å². The summed E-state index contributed by atoms with van der Waals surface area (Å²) >= 11 is 0. The highest BCUT2D eigenvalue weighted by molar-refractivity contribution is 5.30. The third-order valence-electron chi connectivity index (χ3n) is 3.06. The van der Waals surface area contributed by atoms with Crippen LogP contribution < -0.4 is 10.5 Å². The Morgan fingerprint density at radius 1 is 1.10 bits per heavy atom. The zero-order chi connectivity index (χ0) is 15.5. The molecule has 0 saturated heterocycles. The van der Waals surface area contributed by atoms with Crippen molar-refractivity contribution in [1.82, 2.24) is 0 Å². The van der Waals surface area contributed by atoms with Gasteiger partial charge in [-0.25, -0.2) is 0 Å². The molecule has 0 bridgehead atoms. The van der Waals surface area contributed by atoms with Crippen LogP contribution in [0.25, 0.3) is 0 Å². The maximum atomic E-state index is 12.6. The standard InChI is InChI=1S/C16H16F3NO/c1-11-4-2-5-12(8-11)15(20)10-21-14-7-3-6-13(9-14)16(17,18)19/h2-9,15H,10,20H2,1H3. The lowest BCUT2D eigenvalue weighted by Crippen LogP contribution is -2.19. The van der Waals surface area contributed by atoms with Crippen molar-refractivity contribution in [1.29, 1.82) is 0 Å². The van der Waals surface area contributed by atoms with Gasteiger partial charge in [0.2, 0.25) is 0 Å². The summed E-state index contributed by atoms with van der Waals surface area (Å²) in [5.41, 5.74) is 7.22. The van der Waals surface area contributed by atoms with E-state index in [-0.39, 0.29) is 18.4 Å². The number of halogens is 3. The van der Waals surface area contributed by atoms with Crippen molar-refractivity contribution < 1.29 is 17.9 Å². The van der Waals surface area contributed by atoms with Crippen LogP contribution in [0.2, 0.25) is 0 Å². The number of aryl methyl sites for hydroxylation is 1. The predicted molar refractivity (Wildman–Crippen MR) is 75.0 cm³/mol. The van der Waals surface area contributed by atoms with Crippen molar-refractivity contribution in [2.45, 2.75) is 19.1 Å². The SMILES string of the molecule is Cc1cccc(C(N)COc2cccc(C(F)(F)F)c2)c1. The molecule has 2 rings (SSSR count). The topological polar surface area (TPSA) is 35.2 Å². The van der Waals surface area contributed by atoms with E-state index in [1.165, 1.54) is 12.1 Å². The van der Waals surface area contributed by atoms with E-state index in [9.17, 15) is 13.2 Å². The van der Waals surface area contributed by atoms with Crippen molar-refractivity contribution in [2.24, 2.45) is 5.73 Å². The van der Waals surface area contributed by atoms with E-state index in [1.807, 2.05) is 31.2 Å². The van der Waals surface area contributed by atoms with E-state index in [2.05, 4.69) is 0 Å². The molecule has 0 aliphatic heterocycles. The molecule has 2 N–H and O–H groups in total. The summed E-state index contributed by atoms with van der Waals surface area (Å²) in [6.07, 6.45) is -4.38. The Morgan fingerprint density at radius 2 is 1.81 bits per heavy atom. The average molecular weight is 295 g/mol. The highest BCUT2D eigenvalue weighted by Gasteiger charge is 2.30. The molecule has 0 fully saturated rings. The van der Waals surface area contributed by atoms with Crippen LogP contribution in [0, 0.1) is 6.92 Å². The van der Waals surface area contributed by atoms with E-state index >= 15 is 0 Å².